The first-order chi connectivity index (χ1) is 7.99. The number of halogens is 2. The molecule has 1 N–H and O–H groups in total. The van der Waals surface area contributed by atoms with Crippen molar-refractivity contribution >= 4 is 12.2 Å². The molecule has 0 unspecified atom stereocenters. The van der Waals surface area contributed by atoms with Gasteiger partial charge in [0.1, 0.15) is 22.0 Å². The van der Waals surface area contributed by atoms with E-state index in [4.69, 9.17) is 12.2 Å². The standard InChI is InChI=1S/C12H10F2N2S/c1-6-7(2)16-12(17)11(15-6)9-4-3-8(13)5-10(9)14/h3-5H,1-2H3,(H,16,17). The molecule has 0 aliphatic rings. The van der Waals surface area contributed by atoms with Gasteiger partial charge in [0.25, 0.3) is 0 Å². The van der Waals surface area contributed by atoms with Crippen molar-refractivity contribution in [2.45, 2.75) is 13.8 Å². The van der Waals surface area contributed by atoms with Crippen molar-refractivity contribution in [1.82, 2.24) is 9.97 Å². The Labute approximate surface area is 102 Å². The summed E-state index contributed by atoms with van der Waals surface area (Å²) in [5.41, 5.74) is 2.11. The minimum atomic E-state index is -0.666. The van der Waals surface area contributed by atoms with Gasteiger partial charge in [-0.2, -0.15) is 0 Å². The first-order valence-electron chi connectivity index (χ1n) is 5.02. The fraction of sp³-hybridized carbons (Fsp3) is 0.167. The zero-order chi connectivity index (χ0) is 12.6. The Bertz CT molecular complexity index is 635. The Balaban J connectivity index is 2.69. The molecule has 0 bridgehead atoms. The van der Waals surface area contributed by atoms with Gasteiger partial charge >= 0.3 is 0 Å². The van der Waals surface area contributed by atoms with Gasteiger partial charge in [-0.3, -0.25) is 0 Å². The minimum Gasteiger partial charge on any atom is -0.347 e. The molecular weight excluding hydrogens is 242 g/mol. The number of aromatic nitrogens is 2. The van der Waals surface area contributed by atoms with Crippen LogP contribution in [0.25, 0.3) is 11.3 Å². The molecule has 2 aromatic rings. The number of hydrogen-bond acceptors (Lipinski definition) is 2. The van der Waals surface area contributed by atoms with Crippen molar-refractivity contribution in [3.8, 4) is 11.3 Å². The molecule has 88 valence electrons. The Hall–Kier alpha value is -1.62. The average molecular weight is 252 g/mol. The van der Waals surface area contributed by atoms with Crippen LogP contribution >= 0.6 is 12.2 Å². The monoisotopic (exact) mass is 252 g/mol. The number of aromatic amines is 1. The lowest BCUT2D eigenvalue weighted by Gasteiger charge is -2.06. The Morgan fingerprint density at radius 3 is 2.59 bits per heavy atom. The van der Waals surface area contributed by atoms with E-state index in [0.717, 1.165) is 17.5 Å². The average Bonchev–Trinajstić information content (AvgIpc) is 2.24. The highest BCUT2D eigenvalue weighted by Crippen LogP contribution is 2.22. The highest BCUT2D eigenvalue weighted by molar-refractivity contribution is 7.71. The lowest BCUT2D eigenvalue weighted by molar-refractivity contribution is 0.585. The molecule has 2 rings (SSSR count). The van der Waals surface area contributed by atoms with E-state index >= 15 is 0 Å². The van der Waals surface area contributed by atoms with Gasteiger partial charge in [0.05, 0.1) is 5.69 Å². The van der Waals surface area contributed by atoms with Crippen molar-refractivity contribution in [3.63, 3.8) is 0 Å². The van der Waals surface area contributed by atoms with Crippen LogP contribution < -0.4 is 0 Å². The molecule has 0 aliphatic heterocycles. The molecule has 5 heteroatoms. The van der Waals surface area contributed by atoms with E-state index in [9.17, 15) is 8.78 Å². The van der Waals surface area contributed by atoms with Crippen LogP contribution in [0.4, 0.5) is 8.78 Å². The van der Waals surface area contributed by atoms with Gasteiger partial charge in [0.2, 0.25) is 0 Å². The highest BCUT2D eigenvalue weighted by atomic mass is 32.1. The summed E-state index contributed by atoms with van der Waals surface area (Å²) in [7, 11) is 0. The maximum Gasteiger partial charge on any atom is 0.135 e. The molecule has 0 saturated heterocycles. The van der Waals surface area contributed by atoms with E-state index < -0.39 is 11.6 Å². The molecule has 0 aliphatic carbocycles. The fourth-order valence-corrected chi connectivity index (χ4v) is 1.80. The molecular formula is C12H10F2N2S. The molecule has 1 heterocycles. The zero-order valence-corrected chi connectivity index (χ0v) is 10.2. The summed E-state index contributed by atoms with van der Waals surface area (Å²) in [6.07, 6.45) is 0. The number of nitrogens with one attached hydrogen (secondary N) is 1. The molecule has 0 fully saturated rings. The van der Waals surface area contributed by atoms with Crippen molar-refractivity contribution in [2.75, 3.05) is 0 Å². The third-order valence-corrected chi connectivity index (χ3v) is 2.82. The minimum absolute atomic E-state index is 0.204. The van der Waals surface area contributed by atoms with E-state index in [1.54, 1.807) is 6.92 Å². The number of hydrogen-bond donors (Lipinski definition) is 1. The quantitative estimate of drug-likeness (QED) is 0.784. The molecule has 0 saturated carbocycles. The second-order valence-corrected chi connectivity index (χ2v) is 4.16. The molecule has 17 heavy (non-hydrogen) atoms. The number of aryl methyl sites for hydroxylation is 2. The number of nitrogens with zero attached hydrogens (tertiary/aromatic N) is 1. The lowest BCUT2D eigenvalue weighted by Crippen LogP contribution is -1.98. The lowest BCUT2D eigenvalue weighted by atomic mass is 10.1. The maximum absolute atomic E-state index is 13.6. The molecule has 0 spiro atoms. The number of rotatable bonds is 1. The van der Waals surface area contributed by atoms with Crippen LogP contribution in [0.15, 0.2) is 18.2 Å². The van der Waals surface area contributed by atoms with Crippen molar-refractivity contribution < 1.29 is 8.78 Å². The van der Waals surface area contributed by atoms with Crippen molar-refractivity contribution in [1.29, 1.82) is 0 Å². The van der Waals surface area contributed by atoms with E-state index in [-0.39, 0.29) is 5.56 Å². The third kappa shape index (κ3) is 2.24. The summed E-state index contributed by atoms with van der Waals surface area (Å²) in [6, 6.07) is 3.34. The summed E-state index contributed by atoms with van der Waals surface area (Å²) in [5.74, 6) is -1.29. The number of benzene rings is 1. The summed E-state index contributed by atoms with van der Waals surface area (Å²) in [6.45, 7) is 3.63. The fourth-order valence-electron chi connectivity index (χ4n) is 1.49. The van der Waals surface area contributed by atoms with Crippen molar-refractivity contribution in [2.24, 2.45) is 0 Å². The molecule has 2 nitrogen and oxygen atoms in total. The molecule has 0 radical (unpaired) electrons. The van der Waals surface area contributed by atoms with E-state index in [1.807, 2.05) is 6.92 Å². The van der Waals surface area contributed by atoms with Crippen LogP contribution in [0.3, 0.4) is 0 Å². The van der Waals surface area contributed by atoms with Gasteiger partial charge in [-0.1, -0.05) is 12.2 Å². The first kappa shape index (κ1) is 11.9. The SMILES string of the molecule is Cc1nc(-c2ccc(F)cc2F)c(=S)[nH]c1C. The van der Waals surface area contributed by atoms with Crippen LogP contribution in [-0.4, -0.2) is 9.97 Å². The van der Waals surface area contributed by atoms with Gasteiger partial charge < -0.3 is 4.98 Å². The Morgan fingerprint density at radius 2 is 1.94 bits per heavy atom. The molecule has 0 amide bonds. The summed E-state index contributed by atoms with van der Waals surface area (Å²) >= 11 is 5.10. The van der Waals surface area contributed by atoms with Crippen LogP contribution in [0.1, 0.15) is 11.4 Å². The van der Waals surface area contributed by atoms with Crippen LogP contribution in [-0.2, 0) is 0 Å². The summed E-state index contributed by atoms with van der Waals surface area (Å²) in [5, 5.41) is 0. The third-order valence-electron chi connectivity index (χ3n) is 2.52. The van der Waals surface area contributed by atoms with Crippen molar-refractivity contribution in [3.05, 3.63) is 45.9 Å². The topological polar surface area (TPSA) is 28.7 Å². The van der Waals surface area contributed by atoms with E-state index in [2.05, 4.69) is 9.97 Å². The second-order valence-electron chi connectivity index (χ2n) is 3.75. The maximum atomic E-state index is 13.6. The molecule has 0 atom stereocenters. The smallest absolute Gasteiger partial charge is 0.135 e. The van der Waals surface area contributed by atoms with Gasteiger partial charge in [0.15, 0.2) is 0 Å². The predicted molar refractivity (Wildman–Crippen MR) is 64.2 cm³/mol. The zero-order valence-electron chi connectivity index (χ0n) is 9.34. The highest BCUT2D eigenvalue weighted by Gasteiger charge is 2.10. The van der Waals surface area contributed by atoms with Crippen LogP contribution in [0.2, 0.25) is 0 Å². The Kier molecular flexibility index (Phi) is 3.02. The van der Waals surface area contributed by atoms with Gasteiger partial charge in [-0.05, 0) is 26.0 Å². The largest absolute Gasteiger partial charge is 0.347 e. The summed E-state index contributed by atoms with van der Waals surface area (Å²) in [4.78, 5) is 7.17. The first-order valence-corrected chi connectivity index (χ1v) is 5.43. The Morgan fingerprint density at radius 1 is 1.24 bits per heavy atom. The van der Waals surface area contributed by atoms with Crippen LogP contribution in [0, 0.1) is 30.1 Å². The van der Waals surface area contributed by atoms with E-state index in [1.165, 1.54) is 12.1 Å². The van der Waals surface area contributed by atoms with Gasteiger partial charge in [-0.15, -0.1) is 0 Å². The number of H-pyrrole nitrogens is 1. The molecule has 1 aromatic heterocycles. The summed E-state index contributed by atoms with van der Waals surface area (Å²) < 4.78 is 26.8. The van der Waals surface area contributed by atoms with Gasteiger partial charge in [0, 0.05) is 17.3 Å². The van der Waals surface area contributed by atoms with Gasteiger partial charge in [-0.25, -0.2) is 13.8 Å². The van der Waals surface area contributed by atoms with E-state index in [0.29, 0.717) is 10.3 Å². The molecule has 1 aromatic carbocycles. The second kappa shape index (κ2) is 4.33. The van der Waals surface area contributed by atoms with Crippen LogP contribution in [0.5, 0.6) is 0 Å². The normalized spacial score (nSPS) is 10.6. The predicted octanol–water partition coefficient (Wildman–Crippen LogP) is 3.70.